The molecule has 106 valence electrons. The van der Waals surface area contributed by atoms with Gasteiger partial charge in [0.2, 0.25) is 5.91 Å². The molecular formula is C14H23N3O2. The number of rotatable bonds is 6. The topological polar surface area (TPSA) is 56.1 Å². The van der Waals surface area contributed by atoms with Crippen LogP contribution in [0.1, 0.15) is 31.2 Å². The molecule has 0 saturated heterocycles. The molecule has 2 rings (SSSR count). The van der Waals surface area contributed by atoms with Gasteiger partial charge in [-0.1, -0.05) is 12.8 Å². The summed E-state index contributed by atoms with van der Waals surface area (Å²) < 4.78 is 6.98. The minimum absolute atomic E-state index is 0.0190. The van der Waals surface area contributed by atoms with Crippen molar-refractivity contribution in [3.05, 3.63) is 18.0 Å². The maximum Gasteiger partial charge on any atom is 0.241 e. The summed E-state index contributed by atoms with van der Waals surface area (Å²) in [5.41, 5.74) is 1.21. The van der Waals surface area contributed by atoms with Gasteiger partial charge in [-0.3, -0.25) is 9.48 Å². The fourth-order valence-electron chi connectivity index (χ4n) is 2.85. The number of aryl methyl sites for hydroxylation is 1. The molecular weight excluding hydrogens is 242 g/mol. The van der Waals surface area contributed by atoms with Gasteiger partial charge in [0, 0.05) is 25.3 Å². The van der Waals surface area contributed by atoms with E-state index in [2.05, 4.69) is 10.4 Å². The lowest BCUT2D eigenvalue weighted by atomic mass is 9.87. The Morgan fingerprint density at radius 1 is 1.53 bits per heavy atom. The summed E-state index contributed by atoms with van der Waals surface area (Å²) in [6, 6.07) is 0. The van der Waals surface area contributed by atoms with Gasteiger partial charge in [0.15, 0.2) is 0 Å². The lowest BCUT2D eigenvalue weighted by Gasteiger charge is -2.28. The molecule has 1 aromatic rings. The fraction of sp³-hybridized carbons (Fsp3) is 0.714. The van der Waals surface area contributed by atoms with Gasteiger partial charge in [-0.05, 0) is 25.3 Å². The van der Waals surface area contributed by atoms with Crippen molar-refractivity contribution in [2.24, 2.45) is 5.41 Å². The number of hydrogen-bond acceptors (Lipinski definition) is 3. The number of amides is 1. The number of hydrogen-bond donors (Lipinski definition) is 1. The Labute approximate surface area is 114 Å². The van der Waals surface area contributed by atoms with Gasteiger partial charge in [0.05, 0.1) is 12.8 Å². The number of aromatic nitrogens is 2. The Kier molecular flexibility index (Phi) is 4.58. The minimum Gasteiger partial charge on any atom is -0.384 e. The molecule has 0 radical (unpaired) electrons. The molecule has 1 amide bonds. The summed E-state index contributed by atoms with van der Waals surface area (Å²) >= 11 is 0. The van der Waals surface area contributed by atoms with Crippen LogP contribution in [0.25, 0.3) is 0 Å². The number of carbonyl (C=O) groups excluding carboxylic acids is 1. The van der Waals surface area contributed by atoms with Gasteiger partial charge in [0.1, 0.15) is 6.54 Å². The van der Waals surface area contributed by atoms with E-state index in [1.54, 1.807) is 18.0 Å². The standard InChI is InChI=1S/C14H23N3O2/c1-12-7-16-17(8-12)9-13(18)15-10-14(11-19-2)5-3-4-6-14/h7-8H,3-6,9-11H2,1-2H3,(H,15,18). The number of nitrogens with one attached hydrogen (secondary N) is 1. The molecule has 1 saturated carbocycles. The van der Waals surface area contributed by atoms with E-state index in [0.717, 1.165) is 25.0 Å². The summed E-state index contributed by atoms with van der Waals surface area (Å²) in [7, 11) is 1.73. The van der Waals surface area contributed by atoms with Gasteiger partial charge < -0.3 is 10.1 Å². The molecule has 1 aliphatic rings. The number of ether oxygens (including phenoxy) is 1. The van der Waals surface area contributed by atoms with Gasteiger partial charge in [-0.15, -0.1) is 0 Å². The van der Waals surface area contributed by atoms with Crippen LogP contribution >= 0.6 is 0 Å². The lowest BCUT2D eigenvalue weighted by Crippen LogP contribution is -2.40. The highest BCUT2D eigenvalue weighted by atomic mass is 16.5. The van der Waals surface area contributed by atoms with Crippen LogP contribution in [0, 0.1) is 12.3 Å². The van der Waals surface area contributed by atoms with Gasteiger partial charge in [-0.25, -0.2) is 0 Å². The summed E-state index contributed by atoms with van der Waals surface area (Å²) in [6.07, 6.45) is 8.38. The predicted octanol–water partition coefficient (Wildman–Crippen LogP) is 1.51. The smallest absolute Gasteiger partial charge is 0.241 e. The van der Waals surface area contributed by atoms with Crippen LogP contribution in [-0.4, -0.2) is 35.9 Å². The minimum atomic E-state index is 0.0190. The first-order valence-electron chi connectivity index (χ1n) is 6.88. The Balaban J connectivity index is 1.82. The maximum absolute atomic E-state index is 11.9. The average Bonchev–Trinajstić information content (AvgIpc) is 2.98. The Morgan fingerprint density at radius 2 is 2.26 bits per heavy atom. The summed E-state index contributed by atoms with van der Waals surface area (Å²) in [5.74, 6) is 0.0190. The van der Waals surface area contributed by atoms with Crippen LogP contribution in [0.4, 0.5) is 0 Å². The summed E-state index contributed by atoms with van der Waals surface area (Å²) in [4.78, 5) is 11.9. The van der Waals surface area contributed by atoms with E-state index in [-0.39, 0.29) is 17.9 Å². The zero-order valence-electron chi connectivity index (χ0n) is 11.8. The van der Waals surface area contributed by atoms with Crippen molar-refractivity contribution in [3.63, 3.8) is 0 Å². The SMILES string of the molecule is COCC1(CNC(=O)Cn2cc(C)cn2)CCCC1. The van der Waals surface area contributed by atoms with E-state index in [9.17, 15) is 4.79 Å². The predicted molar refractivity (Wildman–Crippen MR) is 72.8 cm³/mol. The maximum atomic E-state index is 11.9. The van der Waals surface area contributed by atoms with Crippen molar-refractivity contribution in [2.75, 3.05) is 20.3 Å². The molecule has 1 N–H and O–H groups in total. The molecule has 0 bridgehead atoms. The van der Waals surface area contributed by atoms with Crippen LogP contribution in [0.15, 0.2) is 12.4 Å². The molecule has 1 fully saturated rings. The van der Waals surface area contributed by atoms with Gasteiger partial charge >= 0.3 is 0 Å². The summed E-state index contributed by atoms with van der Waals surface area (Å²) in [5, 5.41) is 7.15. The molecule has 0 aromatic carbocycles. The number of nitrogens with zero attached hydrogens (tertiary/aromatic N) is 2. The third kappa shape index (κ3) is 3.80. The first kappa shape index (κ1) is 14.1. The van der Waals surface area contributed by atoms with E-state index >= 15 is 0 Å². The molecule has 5 heteroatoms. The molecule has 0 spiro atoms. The van der Waals surface area contributed by atoms with E-state index in [4.69, 9.17) is 4.74 Å². The third-order valence-corrected chi connectivity index (χ3v) is 3.84. The largest absolute Gasteiger partial charge is 0.384 e. The molecule has 0 aliphatic heterocycles. The van der Waals surface area contributed by atoms with Crippen molar-refractivity contribution in [1.29, 1.82) is 0 Å². The highest BCUT2D eigenvalue weighted by molar-refractivity contribution is 5.75. The Hall–Kier alpha value is -1.36. The van der Waals surface area contributed by atoms with E-state index in [0.29, 0.717) is 6.54 Å². The fourth-order valence-corrected chi connectivity index (χ4v) is 2.85. The summed E-state index contributed by atoms with van der Waals surface area (Å²) in [6.45, 7) is 3.69. The normalized spacial score (nSPS) is 17.6. The highest BCUT2D eigenvalue weighted by Gasteiger charge is 2.34. The molecule has 1 heterocycles. The van der Waals surface area contributed by atoms with Crippen molar-refractivity contribution >= 4 is 5.91 Å². The van der Waals surface area contributed by atoms with E-state index in [1.165, 1.54) is 12.8 Å². The lowest BCUT2D eigenvalue weighted by molar-refractivity contribution is -0.122. The number of methoxy groups -OCH3 is 1. The molecule has 0 unspecified atom stereocenters. The first-order chi connectivity index (χ1) is 9.13. The molecule has 1 aromatic heterocycles. The monoisotopic (exact) mass is 265 g/mol. The van der Waals surface area contributed by atoms with Crippen molar-refractivity contribution in [1.82, 2.24) is 15.1 Å². The van der Waals surface area contributed by atoms with Crippen molar-refractivity contribution < 1.29 is 9.53 Å². The van der Waals surface area contributed by atoms with Gasteiger partial charge in [0.25, 0.3) is 0 Å². The Bertz CT molecular complexity index is 422. The van der Waals surface area contributed by atoms with E-state index < -0.39 is 0 Å². The Morgan fingerprint density at radius 3 is 2.84 bits per heavy atom. The van der Waals surface area contributed by atoms with Crippen LogP contribution in [0.5, 0.6) is 0 Å². The first-order valence-corrected chi connectivity index (χ1v) is 6.88. The molecule has 1 aliphatic carbocycles. The molecule has 0 atom stereocenters. The second-order valence-electron chi connectivity index (χ2n) is 5.63. The second kappa shape index (κ2) is 6.19. The van der Waals surface area contributed by atoms with Gasteiger partial charge in [-0.2, -0.15) is 5.10 Å². The van der Waals surface area contributed by atoms with Crippen LogP contribution < -0.4 is 5.32 Å². The van der Waals surface area contributed by atoms with Crippen LogP contribution in [0.3, 0.4) is 0 Å². The van der Waals surface area contributed by atoms with E-state index in [1.807, 2.05) is 13.1 Å². The van der Waals surface area contributed by atoms with Crippen LogP contribution in [0.2, 0.25) is 0 Å². The second-order valence-corrected chi connectivity index (χ2v) is 5.63. The third-order valence-electron chi connectivity index (χ3n) is 3.84. The van der Waals surface area contributed by atoms with Crippen molar-refractivity contribution in [2.45, 2.75) is 39.2 Å². The highest BCUT2D eigenvalue weighted by Crippen LogP contribution is 2.37. The molecule has 5 nitrogen and oxygen atoms in total. The quantitative estimate of drug-likeness (QED) is 0.848. The zero-order valence-corrected chi connectivity index (χ0v) is 11.8. The zero-order chi connectivity index (χ0) is 13.7. The average molecular weight is 265 g/mol. The van der Waals surface area contributed by atoms with Crippen LogP contribution in [-0.2, 0) is 16.1 Å². The van der Waals surface area contributed by atoms with Crippen molar-refractivity contribution in [3.8, 4) is 0 Å². The number of carbonyl (C=O) groups is 1. The molecule has 19 heavy (non-hydrogen) atoms.